The first-order valence-electron chi connectivity index (χ1n) is 7.42. The van der Waals surface area contributed by atoms with E-state index in [9.17, 15) is 0 Å². The molecule has 1 aliphatic carbocycles. The van der Waals surface area contributed by atoms with Gasteiger partial charge in [-0.3, -0.25) is 4.98 Å². The van der Waals surface area contributed by atoms with Gasteiger partial charge in [-0.05, 0) is 67.5 Å². The van der Waals surface area contributed by atoms with E-state index in [0.29, 0.717) is 6.10 Å². The van der Waals surface area contributed by atoms with Crippen LogP contribution in [0.3, 0.4) is 0 Å². The first kappa shape index (κ1) is 13.9. The molecule has 3 rings (SSSR count). The lowest BCUT2D eigenvalue weighted by Crippen LogP contribution is -2.24. The zero-order chi connectivity index (χ0) is 14.5. The molecule has 1 aliphatic rings. The number of rotatable bonds is 6. The molecule has 0 saturated heterocycles. The summed E-state index contributed by atoms with van der Waals surface area (Å²) in [7, 11) is 1.68. The molecule has 0 spiro atoms. The number of pyridine rings is 1. The summed E-state index contributed by atoms with van der Waals surface area (Å²) in [5, 5.41) is 0. The van der Waals surface area contributed by atoms with Crippen LogP contribution in [0.5, 0.6) is 11.5 Å². The second-order valence-electron chi connectivity index (χ2n) is 5.34. The fourth-order valence-corrected chi connectivity index (χ4v) is 2.34. The van der Waals surface area contributed by atoms with E-state index >= 15 is 0 Å². The van der Waals surface area contributed by atoms with Crippen molar-refractivity contribution < 1.29 is 9.47 Å². The van der Waals surface area contributed by atoms with Crippen molar-refractivity contribution in [2.45, 2.75) is 31.8 Å². The highest BCUT2D eigenvalue weighted by molar-refractivity contribution is 5.45. The van der Waals surface area contributed by atoms with Gasteiger partial charge in [-0.25, -0.2) is 0 Å². The summed E-state index contributed by atoms with van der Waals surface area (Å²) in [6.07, 6.45) is 10.6. The Kier molecular flexibility index (Phi) is 4.39. The first-order chi connectivity index (χ1) is 10.3. The Bertz CT molecular complexity index is 579. The van der Waals surface area contributed by atoms with Gasteiger partial charge in [-0.15, -0.1) is 0 Å². The molecule has 1 radical (unpaired) electrons. The fourth-order valence-electron chi connectivity index (χ4n) is 2.34. The number of methoxy groups -OCH3 is 1. The molecule has 0 aliphatic heterocycles. The van der Waals surface area contributed by atoms with E-state index < -0.39 is 0 Å². The van der Waals surface area contributed by atoms with Crippen molar-refractivity contribution in [2.24, 2.45) is 0 Å². The summed E-state index contributed by atoms with van der Waals surface area (Å²) in [6.45, 7) is 0. The van der Waals surface area contributed by atoms with Gasteiger partial charge < -0.3 is 9.47 Å². The summed E-state index contributed by atoms with van der Waals surface area (Å²) in [5.41, 5.74) is 2.41. The average molecular weight is 282 g/mol. The second-order valence-corrected chi connectivity index (χ2v) is 5.34. The number of benzene rings is 1. The minimum absolute atomic E-state index is 0.356. The Hall–Kier alpha value is -2.03. The quantitative estimate of drug-likeness (QED) is 0.807. The van der Waals surface area contributed by atoms with E-state index in [1.54, 1.807) is 7.11 Å². The van der Waals surface area contributed by atoms with E-state index in [1.807, 2.05) is 30.6 Å². The molecule has 1 heterocycles. The van der Waals surface area contributed by atoms with Crippen LogP contribution in [-0.4, -0.2) is 18.2 Å². The molecule has 0 N–H and O–H groups in total. The van der Waals surface area contributed by atoms with Crippen LogP contribution in [-0.2, 0) is 6.42 Å². The Balaban J connectivity index is 1.68. The maximum atomic E-state index is 6.01. The molecule has 1 aromatic carbocycles. The lowest BCUT2D eigenvalue weighted by molar-refractivity contribution is 0.116. The van der Waals surface area contributed by atoms with Gasteiger partial charge in [0.05, 0.1) is 13.2 Å². The van der Waals surface area contributed by atoms with E-state index in [1.165, 1.54) is 12.0 Å². The Morgan fingerprint density at radius 3 is 2.62 bits per heavy atom. The molecule has 3 nitrogen and oxygen atoms in total. The molecule has 0 bridgehead atoms. The van der Waals surface area contributed by atoms with Gasteiger partial charge in [0.1, 0.15) is 0 Å². The van der Waals surface area contributed by atoms with Gasteiger partial charge in [0.2, 0.25) is 0 Å². The zero-order valence-corrected chi connectivity index (χ0v) is 12.3. The van der Waals surface area contributed by atoms with Gasteiger partial charge in [0.15, 0.2) is 11.5 Å². The Morgan fingerprint density at radius 1 is 1.14 bits per heavy atom. The Morgan fingerprint density at radius 2 is 1.95 bits per heavy atom. The normalized spacial score (nSPS) is 14.5. The molecular weight excluding hydrogens is 262 g/mol. The number of hydrogen-bond donors (Lipinski definition) is 0. The van der Waals surface area contributed by atoms with Crippen LogP contribution in [0.15, 0.2) is 42.7 Å². The Labute approximate surface area is 125 Å². The fraction of sp³-hybridized carbons (Fsp3) is 0.333. The van der Waals surface area contributed by atoms with Crippen LogP contribution in [0.25, 0.3) is 0 Å². The van der Waals surface area contributed by atoms with Crippen LogP contribution in [0.2, 0.25) is 0 Å². The van der Waals surface area contributed by atoms with Gasteiger partial charge in [0.25, 0.3) is 0 Å². The third-order valence-corrected chi connectivity index (χ3v) is 3.86. The largest absolute Gasteiger partial charge is 0.493 e. The molecule has 2 aromatic rings. The SMILES string of the molecule is COc1ccc([CH]Cc2ccncc2)cc1OC1CCC1. The highest BCUT2D eigenvalue weighted by Gasteiger charge is 2.20. The maximum absolute atomic E-state index is 6.01. The smallest absolute Gasteiger partial charge is 0.161 e. The third kappa shape index (κ3) is 3.54. The summed E-state index contributed by atoms with van der Waals surface area (Å²) in [4.78, 5) is 4.04. The highest BCUT2D eigenvalue weighted by atomic mass is 16.5. The van der Waals surface area contributed by atoms with Gasteiger partial charge in [-0.2, -0.15) is 0 Å². The van der Waals surface area contributed by atoms with Crippen LogP contribution < -0.4 is 9.47 Å². The number of ether oxygens (including phenoxy) is 2. The summed E-state index contributed by atoms with van der Waals surface area (Å²) < 4.78 is 11.4. The predicted molar refractivity (Wildman–Crippen MR) is 82.6 cm³/mol. The molecule has 0 atom stereocenters. The second kappa shape index (κ2) is 6.61. The van der Waals surface area contributed by atoms with Crippen molar-refractivity contribution in [3.8, 4) is 11.5 Å². The average Bonchev–Trinajstić information content (AvgIpc) is 2.50. The number of nitrogens with zero attached hydrogens (tertiary/aromatic N) is 1. The van der Waals surface area contributed by atoms with Crippen molar-refractivity contribution in [1.82, 2.24) is 4.98 Å². The van der Waals surface area contributed by atoms with Crippen LogP contribution in [0, 0.1) is 6.42 Å². The van der Waals surface area contributed by atoms with Crippen molar-refractivity contribution in [1.29, 1.82) is 0 Å². The zero-order valence-electron chi connectivity index (χ0n) is 12.3. The molecule has 1 fully saturated rings. The van der Waals surface area contributed by atoms with E-state index in [4.69, 9.17) is 9.47 Å². The van der Waals surface area contributed by atoms with Crippen LogP contribution in [0.4, 0.5) is 0 Å². The summed E-state index contributed by atoms with van der Waals surface area (Å²) in [6, 6.07) is 10.2. The predicted octanol–water partition coefficient (Wildman–Crippen LogP) is 3.82. The van der Waals surface area contributed by atoms with Gasteiger partial charge in [-0.1, -0.05) is 6.07 Å². The standard InChI is InChI=1S/C18H20NO2/c1-20-17-8-7-15(6-5-14-9-11-19-12-10-14)13-18(17)21-16-3-2-4-16/h6-13,16H,2-5H2,1H3. The minimum atomic E-state index is 0.356. The molecular formula is C18H20NO2. The summed E-state index contributed by atoms with van der Waals surface area (Å²) in [5.74, 6) is 1.66. The number of aromatic nitrogens is 1. The van der Waals surface area contributed by atoms with Gasteiger partial charge >= 0.3 is 0 Å². The maximum Gasteiger partial charge on any atom is 0.161 e. The van der Waals surface area contributed by atoms with Crippen molar-refractivity contribution >= 4 is 0 Å². The lowest BCUT2D eigenvalue weighted by Gasteiger charge is -2.27. The van der Waals surface area contributed by atoms with Gasteiger partial charge in [0, 0.05) is 12.4 Å². The van der Waals surface area contributed by atoms with E-state index in [2.05, 4.69) is 23.5 Å². The topological polar surface area (TPSA) is 31.4 Å². The van der Waals surface area contributed by atoms with Crippen molar-refractivity contribution in [2.75, 3.05) is 7.11 Å². The van der Waals surface area contributed by atoms with Crippen molar-refractivity contribution in [3.05, 3.63) is 60.3 Å². The molecule has 109 valence electrons. The monoisotopic (exact) mass is 282 g/mol. The number of hydrogen-bond acceptors (Lipinski definition) is 3. The van der Waals surface area contributed by atoms with Crippen molar-refractivity contribution in [3.63, 3.8) is 0 Å². The molecule has 0 amide bonds. The lowest BCUT2D eigenvalue weighted by atomic mass is 9.96. The minimum Gasteiger partial charge on any atom is -0.493 e. The third-order valence-electron chi connectivity index (χ3n) is 3.86. The van der Waals surface area contributed by atoms with E-state index in [-0.39, 0.29) is 0 Å². The summed E-state index contributed by atoms with van der Waals surface area (Å²) >= 11 is 0. The molecule has 21 heavy (non-hydrogen) atoms. The van der Waals surface area contributed by atoms with Crippen LogP contribution >= 0.6 is 0 Å². The molecule has 3 heteroatoms. The van der Waals surface area contributed by atoms with E-state index in [0.717, 1.165) is 36.3 Å². The van der Waals surface area contributed by atoms with Crippen LogP contribution in [0.1, 0.15) is 30.4 Å². The molecule has 1 aromatic heterocycles. The highest BCUT2D eigenvalue weighted by Crippen LogP contribution is 2.33. The molecule has 1 saturated carbocycles. The first-order valence-corrected chi connectivity index (χ1v) is 7.42. The molecule has 0 unspecified atom stereocenters.